The first-order valence-corrected chi connectivity index (χ1v) is 8.76. The minimum Gasteiger partial charge on any atom is -0.388 e. The molecule has 0 saturated carbocycles. The van der Waals surface area contributed by atoms with Crippen molar-refractivity contribution in [1.82, 2.24) is 0 Å². The van der Waals surface area contributed by atoms with Crippen molar-refractivity contribution in [3.8, 4) is 0 Å². The zero-order valence-corrected chi connectivity index (χ0v) is 15.5. The second kappa shape index (κ2) is 7.96. The van der Waals surface area contributed by atoms with E-state index in [1.165, 1.54) is 0 Å². The summed E-state index contributed by atoms with van der Waals surface area (Å²) in [6.07, 6.45) is -18.9. The molecule has 0 radical (unpaired) electrons. The van der Waals surface area contributed by atoms with E-state index in [1.54, 1.807) is 0 Å². The Hall–Kier alpha value is -2.80. The minimum atomic E-state index is -5.15. The van der Waals surface area contributed by atoms with Gasteiger partial charge in [0.1, 0.15) is 0 Å². The Labute approximate surface area is 174 Å². The molecule has 32 heavy (non-hydrogen) atoms. The predicted molar refractivity (Wildman–Crippen MR) is 93.3 cm³/mol. The van der Waals surface area contributed by atoms with Crippen molar-refractivity contribution >= 4 is 11.4 Å². The van der Waals surface area contributed by atoms with Gasteiger partial charge in [-0.05, 0) is 42.0 Å². The third-order valence-electron chi connectivity index (χ3n) is 4.77. The summed E-state index contributed by atoms with van der Waals surface area (Å²) in [4.78, 5) is 0. The standard InChI is InChI=1S/C19H13F9N2O2/c20-17(21,22)10-3-1-9(2-4-10)14(31)13-15(19(26,27)28)29-30(16(13)32)12-7-5-11(6-8-12)18(23,24)25/h1-8,13-14,16,31-32H. The fourth-order valence-electron chi connectivity index (χ4n) is 3.18. The first-order chi connectivity index (χ1) is 14.6. The molecule has 0 aromatic heterocycles. The van der Waals surface area contributed by atoms with E-state index in [0.717, 1.165) is 24.3 Å². The molecule has 0 bridgehead atoms. The normalized spacial score (nSPS) is 21.0. The molecule has 2 aromatic carbocycles. The molecule has 174 valence electrons. The van der Waals surface area contributed by atoms with Crippen molar-refractivity contribution in [3.63, 3.8) is 0 Å². The zero-order valence-electron chi connectivity index (χ0n) is 15.5. The number of aliphatic hydroxyl groups is 2. The lowest BCUT2D eigenvalue weighted by atomic mass is 9.89. The molecule has 0 saturated heterocycles. The van der Waals surface area contributed by atoms with Crippen molar-refractivity contribution in [2.24, 2.45) is 11.0 Å². The molecule has 0 amide bonds. The Balaban J connectivity index is 1.95. The van der Waals surface area contributed by atoms with Gasteiger partial charge in [-0.3, -0.25) is 0 Å². The highest BCUT2D eigenvalue weighted by Crippen LogP contribution is 2.41. The van der Waals surface area contributed by atoms with Gasteiger partial charge in [0, 0.05) is 0 Å². The molecule has 13 heteroatoms. The van der Waals surface area contributed by atoms with Crippen LogP contribution in [0.4, 0.5) is 45.2 Å². The molecule has 0 fully saturated rings. The van der Waals surface area contributed by atoms with Gasteiger partial charge in [0.2, 0.25) is 0 Å². The number of anilines is 1. The van der Waals surface area contributed by atoms with Gasteiger partial charge >= 0.3 is 18.5 Å². The molecule has 2 N–H and O–H groups in total. The van der Waals surface area contributed by atoms with E-state index >= 15 is 0 Å². The first-order valence-electron chi connectivity index (χ1n) is 8.76. The van der Waals surface area contributed by atoms with Gasteiger partial charge in [-0.1, -0.05) is 12.1 Å². The van der Waals surface area contributed by atoms with Crippen LogP contribution in [0.15, 0.2) is 53.6 Å². The van der Waals surface area contributed by atoms with Crippen LogP contribution in [-0.2, 0) is 12.4 Å². The number of hydrogen-bond acceptors (Lipinski definition) is 4. The highest BCUT2D eigenvalue weighted by atomic mass is 19.4. The van der Waals surface area contributed by atoms with E-state index in [-0.39, 0.29) is 11.3 Å². The van der Waals surface area contributed by atoms with Gasteiger partial charge in [0.25, 0.3) is 0 Å². The summed E-state index contributed by atoms with van der Waals surface area (Å²) in [6.45, 7) is 0. The Bertz CT molecular complexity index is 980. The quantitative estimate of drug-likeness (QED) is 0.610. The first kappa shape index (κ1) is 23.9. The average Bonchev–Trinajstić information content (AvgIpc) is 3.04. The van der Waals surface area contributed by atoms with E-state index < -0.39 is 53.6 Å². The third kappa shape index (κ3) is 4.67. The fourth-order valence-corrected chi connectivity index (χ4v) is 3.18. The number of benzene rings is 2. The van der Waals surface area contributed by atoms with Crippen LogP contribution in [0, 0.1) is 5.92 Å². The van der Waals surface area contributed by atoms with Gasteiger partial charge in [-0.25, -0.2) is 5.01 Å². The SMILES string of the molecule is OC(c1ccc(C(F)(F)F)cc1)C1C(C(F)(F)F)=NN(c2ccc(C(F)(F)F)cc2)C1O. The summed E-state index contributed by atoms with van der Waals surface area (Å²) in [5, 5.41) is 24.5. The zero-order chi connectivity index (χ0) is 24.1. The monoisotopic (exact) mass is 472 g/mol. The van der Waals surface area contributed by atoms with Crippen molar-refractivity contribution in [3.05, 3.63) is 65.2 Å². The van der Waals surface area contributed by atoms with Crippen LogP contribution in [0.25, 0.3) is 0 Å². The topological polar surface area (TPSA) is 56.1 Å². The largest absolute Gasteiger partial charge is 0.431 e. The third-order valence-corrected chi connectivity index (χ3v) is 4.77. The summed E-state index contributed by atoms with van der Waals surface area (Å²) < 4.78 is 117. The van der Waals surface area contributed by atoms with Crippen LogP contribution in [0.3, 0.4) is 0 Å². The highest BCUT2D eigenvalue weighted by Gasteiger charge is 2.53. The van der Waals surface area contributed by atoms with Gasteiger partial charge in [0.15, 0.2) is 11.9 Å². The molecule has 3 atom stereocenters. The second-order valence-electron chi connectivity index (χ2n) is 6.88. The van der Waals surface area contributed by atoms with Crippen molar-refractivity contribution < 1.29 is 49.7 Å². The molecule has 2 aromatic rings. The summed E-state index contributed by atoms with van der Waals surface area (Å²) in [7, 11) is 0. The van der Waals surface area contributed by atoms with E-state index in [4.69, 9.17) is 0 Å². The van der Waals surface area contributed by atoms with Crippen LogP contribution in [0.5, 0.6) is 0 Å². The van der Waals surface area contributed by atoms with Crippen molar-refractivity contribution in [2.75, 3.05) is 5.01 Å². The summed E-state index contributed by atoms with van der Waals surface area (Å²) in [6, 6.07) is 5.35. The van der Waals surface area contributed by atoms with E-state index in [0.29, 0.717) is 29.3 Å². The van der Waals surface area contributed by atoms with E-state index in [2.05, 4.69) is 5.10 Å². The molecular weight excluding hydrogens is 459 g/mol. The Kier molecular flexibility index (Phi) is 5.93. The molecular formula is C19H13F9N2O2. The molecule has 4 nitrogen and oxygen atoms in total. The lowest BCUT2D eigenvalue weighted by Gasteiger charge is -2.27. The Morgan fingerprint density at radius 3 is 1.56 bits per heavy atom. The number of alkyl halides is 9. The van der Waals surface area contributed by atoms with Gasteiger partial charge in [-0.15, -0.1) is 0 Å². The van der Waals surface area contributed by atoms with Crippen LogP contribution in [-0.4, -0.2) is 28.3 Å². The number of aliphatic hydroxyl groups excluding tert-OH is 2. The Morgan fingerprint density at radius 1 is 0.719 bits per heavy atom. The van der Waals surface area contributed by atoms with Crippen molar-refractivity contribution in [2.45, 2.75) is 30.9 Å². The number of hydrazone groups is 1. The smallest absolute Gasteiger partial charge is 0.388 e. The molecule has 1 heterocycles. The fraction of sp³-hybridized carbons (Fsp3) is 0.316. The van der Waals surface area contributed by atoms with Gasteiger partial charge in [-0.2, -0.15) is 44.6 Å². The summed E-state index contributed by atoms with van der Waals surface area (Å²) in [5.74, 6) is -2.14. The maximum absolute atomic E-state index is 13.5. The van der Waals surface area contributed by atoms with Crippen LogP contribution >= 0.6 is 0 Å². The average molecular weight is 472 g/mol. The van der Waals surface area contributed by atoms with Crippen molar-refractivity contribution in [1.29, 1.82) is 0 Å². The Morgan fingerprint density at radius 2 is 1.16 bits per heavy atom. The molecule has 0 spiro atoms. The highest BCUT2D eigenvalue weighted by molar-refractivity contribution is 5.95. The van der Waals surface area contributed by atoms with Crippen LogP contribution in [0.2, 0.25) is 0 Å². The number of nitrogens with zero attached hydrogens (tertiary/aromatic N) is 2. The summed E-state index contributed by atoms with van der Waals surface area (Å²) in [5.41, 5.74) is -4.51. The molecule has 0 aliphatic carbocycles. The molecule has 1 aliphatic rings. The van der Waals surface area contributed by atoms with E-state index in [9.17, 15) is 49.7 Å². The van der Waals surface area contributed by atoms with E-state index in [1.807, 2.05) is 0 Å². The number of rotatable bonds is 3. The molecule has 3 rings (SSSR count). The number of halogens is 9. The van der Waals surface area contributed by atoms with Crippen LogP contribution in [0.1, 0.15) is 22.8 Å². The molecule has 3 unspecified atom stereocenters. The maximum Gasteiger partial charge on any atom is 0.431 e. The van der Waals surface area contributed by atoms with Crippen LogP contribution < -0.4 is 5.01 Å². The predicted octanol–water partition coefficient (Wildman–Crippen LogP) is 5.13. The molecule has 1 aliphatic heterocycles. The van der Waals surface area contributed by atoms with Gasteiger partial charge in [0.05, 0.1) is 28.8 Å². The lowest BCUT2D eigenvalue weighted by Crippen LogP contribution is -2.40. The minimum absolute atomic E-state index is 0.325. The maximum atomic E-state index is 13.5. The number of hydrogen-bond donors (Lipinski definition) is 2. The van der Waals surface area contributed by atoms with Gasteiger partial charge < -0.3 is 10.2 Å². The second-order valence-corrected chi connectivity index (χ2v) is 6.88. The summed E-state index contributed by atoms with van der Waals surface area (Å²) >= 11 is 0. The lowest BCUT2D eigenvalue weighted by molar-refractivity contribution is -0.138.